The number of amides is 1. The summed E-state index contributed by atoms with van der Waals surface area (Å²) in [6, 6.07) is 9.74. The van der Waals surface area contributed by atoms with Gasteiger partial charge in [-0.3, -0.25) is 4.79 Å². The molecule has 2 unspecified atom stereocenters. The van der Waals surface area contributed by atoms with Crippen LogP contribution in [0.5, 0.6) is 0 Å². The first kappa shape index (κ1) is 19.4. The number of esters is 1. The Labute approximate surface area is 166 Å². The van der Waals surface area contributed by atoms with Gasteiger partial charge in [-0.2, -0.15) is 0 Å². The van der Waals surface area contributed by atoms with Crippen molar-refractivity contribution in [3.63, 3.8) is 0 Å². The minimum Gasteiger partial charge on any atom is -0.465 e. The van der Waals surface area contributed by atoms with Crippen molar-refractivity contribution in [1.29, 1.82) is 0 Å². The minimum atomic E-state index is -0.509. The van der Waals surface area contributed by atoms with Gasteiger partial charge in [0.05, 0.1) is 28.8 Å². The molecule has 1 aliphatic rings. The molecule has 0 N–H and O–H groups in total. The van der Waals surface area contributed by atoms with Gasteiger partial charge in [0.1, 0.15) is 6.29 Å². The van der Waals surface area contributed by atoms with Gasteiger partial charge >= 0.3 is 5.97 Å². The summed E-state index contributed by atoms with van der Waals surface area (Å²) in [6.07, 6.45) is 1.03. The summed E-state index contributed by atoms with van der Waals surface area (Å²) < 4.78 is 4.73. The van der Waals surface area contributed by atoms with E-state index in [9.17, 15) is 14.4 Å². The normalized spacial score (nSPS) is 16.8. The van der Waals surface area contributed by atoms with Gasteiger partial charge in [0.25, 0.3) is 5.91 Å². The summed E-state index contributed by atoms with van der Waals surface area (Å²) in [5, 5.41) is 0.808. The fourth-order valence-electron chi connectivity index (χ4n) is 3.55. The maximum Gasteiger partial charge on any atom is 0.337 e. The number of likely N-dealkylation sites (N-methyl/N-ethyl adjacent to an activating group) is 1. The van der Waals surface area contributed by atoms with E-state index in [4.69, 9.17) is 27.9 Å². The van der Waals surface area contributed by atoms with Crippen molar-refractivity contribution in [3.05, 3.63) is 68.7 Å². The molecule has 3 rings (SSSR count). The average Bonchev–Trinajstić information content (AvgIpc) is 2.92. The fourth-order valence-corrected chi connectivity index (χ4v) is 3.86. The Balaban J connectivity index is 2.09. The van der Waals surface area contributed by atoms with E-state index >= 15 is 0 Å². The van der Waals surface area contributed by atoms with Crippen molar-refractivity contribution >= 4 is 41.4 Å². The molecule has 27 heavy (non-hydrogen) atoms. The smallest absolute Gasteiger partial charge is 0.337 e. The molecule has 5 nitrogen and oxygen atoms in total. The number of aldehydes is 1. The van der Waals surface area contributed by atoms with Crippen molar-refractivity contribution in [3.8, 4) is 0 Å². The van der Waals surface area contributed by atoms with Crippen LogP contribution in [0, 0.1) is 0 Å². The summed E-state index contributed by atoms with van der Waals surface area (Å²) >= 11 is 12.2. The summed E-state index contributed by atoms with van der Waals surface area (Å²) in [7, 11) is 2.97. The molecule has 1 heterocycles. The summed E-state index contributed by atoms with van der Waals surface area (Å²) in [5.74, 6) is -1.02. The molecule has 0 fully saturated rings. The molecule has 140 valence electrons. The Morgan fingerprint density at radius 1 is 1.22 bits per heavy atom. The number of halogens is 2. The number of ether oxygens (including phenoxy) is 1. The van der Waals surface area contributed by atoms with Gasteiger partial charge in [0.15, 0.2) is 0 Å². The lowest BCUT2D eigenvalue weighted by Crippen LogP contribution is -2.28. The zero-order valence-electron chi connectivity index (χ0n) is 14.7. The van der Waals surface area contributed by atoms with Gasteiger partial charge in [-0.25, -0.2) is 4.79 Å². The zero-order chi connectivity index (χ0) is 19.7. The van der Waals surface area contributed by atoms with E-state index < -0.39 is 5.97 Å². The molecule has 2 aromatic carbocycles. The van der Waals surface area contributed by atoms with Gasteiger partial charge in [-0.05, 0) is 35.4 Å². The van der Waals surface area contributed by atoms with Crippen molar-refractivity contribution in [2.45, 2.75) is 18.4 Å². The van der Waals surface area contributed by atoms with E-state index in [-0.39, 0.29) is 24.3 Å². The highest BCUT2D eigenvalue weighted by atomic mass is 35.5. The van der Waals surface area contributed by atoms with Crippen LogP contribution in [0.1, 0.15) is 50.2 Å². The third-order valence-corrected chi connectivity index (χ3v) is 5.60. The number of benzene rings is 2. The van der Waals surface area contributed by atoms with E-state index in [1.807, 2.05) is 6.07 Å². The number of hydrogen-bond donors (Lipinski definition) is 0. The van der Waals surface area contributed by atoms with E-state index in [0.29, 0.717) is 21.2 Å². The summed E-state index contributed by atoms with van der Waals surface area (Å²) in [4.78, 5) is 37.5. The lowest BCUT2D eigenvalue weighted by Gasteiger charge is -2.29. The molecule has 0 bridgehead atoms. The van der Waals surface area contributed by atoms with Crippen LogP contribution in [0.3, 0.4) is 0 Å². The van der Waals surface area contributed by atoms with E-state index in [2.05, 4.69) is 0 Å². The van der Waals surface area contributed by atoms with Gasteiger partial charge < -0.3 is 14.4 Å². The molecular formula is C20H17Cl2NO4. The predicted molar refractivity (Wildman–Crippen MR) is 103 cm³/mol. The quantitative estimate of drug-likeness (QED) is 0.549. The highest BCUT2D eigenvalue weighted by molar-refractivity contribution is 6.42. The monoisotopic (exact) mass is 405 g/mol. The first-order chi connectivity index (χ1) is 12.9. The third kappa shape index (κ3) is 3.45. The van der Waals surface area contributed by atoms with E-state index in [1.54, 1.807) is 36.2 Å². The van der Waals surface area contributed by atoms with Crippen molar-refractivity contribution in [2.24, 2.45) is 0 Å². The second kappa shape index (κ2) is 7.71. The molecule has 2 atom stereocenters. The van der Waals surface area contributed by atoms with Crippen molar-refractivity contribution in [1.82, 2.24) is 4.90 Å². The number of rotatable bonds is 5. The van der Waals surface area contributed by atoms with Crippen molar-refractivity contribution < 1.29 is 19.1 Å². The predicted octanol–water partition coefficient (Wildman–Crippen LogP) is 4.28. The number of fused-ring (bicyclic) bond motifs is 1. The molecule has 1 amide bonds. The molecule has 2 aromatic rings. The minimum absolute atomic E-state index is 0.207. The van der Waals surface area contributed by atoms with Crippen LogP contribution in [-0.4, -0.2) is 37.2 Å². The molecule has 0 radical (unpaired) electrons. The molecule has 7 heteroatoms. The SMILES string of the molecule is COC(=O)c1ccc2c(c1)C(=O)N(C)C2C(CC=O)c1ccc(Cl)c(Cl)c1. The van der Waals surface area contributed by atoms with Gasteiger partial charge in [0, 0.05) is 24.9 Å². The van der Waals surface area contributed by atoms with Crippen LogP contribution < -0.4 is 0 Å². The summed E-state index contributed by atoms with van der Waals surface area (Å²) in [5.41, 5.74) is 2.31. The highest BCUT2D eigenvalue weighted by Gasteiger charge is 2.40. The highest BCUT2D eigenvalue weighted by Crippen LogP contribution is 2.44. The molecule has 0 spiro atoms. The molecular weight excluding hydrogens is 389 g/mol. The van der Waals surface area contributed by atoms with Crippen LogP contribution in [0.15, 0.2) is 36.4 Å². The first-order valence-corrected chi connectivity index (χ1v) is 9.02. The Morgan fingerprint density at radius 3 is 2.59 bits per heavy atom. The average molecular weight is 406 g/mol. The number of nitrogens with zero attached hydrogens (tertiary/aromatic N) is 1. The number of hydrogen-bond acceptors (Lipinski definition) is 4. The van der Waals surface area contributed by atoms with Gasteiger partial charge in [-0.15, -0.1) is 0 Å². The topological polar surface area (TPSA) is 63.7 Å². The van der Waals surface area contributed by atoms with Crippen LogP contribution in [0.4, 0.5) is 0 Å². The largest absolute Gasteiger partial charge is 0.465 e. The Bertz CT molecular complexity index is 928. The molecule has 1 aliphatic heterocycles. The maximum absolute atomic E-state index is 12.8. The Kier molecular flexibility index (Phi) is 5.53. The van der Waals surface area contributed by atoms with Crippen LogP contribution in [0.25, 0.3) is 0 Å². The van der Waals surface area contributed by atoms with Crippen LogP contribution in [-0.2, 0) is 9.53 Å². The second-order valence-corrected chi connectivity index (χ2v) is 7.15. The fraction of sp³-hybridized carbons (Fsp3) is 0.250. The number of carbonyl (C=O) groups is 3. The number of methoxy groups -OCH3 is 1. The standard InChI is InChI=1S/C20H17Cl2NO4/c1-23-18(13(7-8-24)11-4-6-16(21)17(22)10-11)14-5-3-12(20(26)27-2)9-15(14)19(23)25/h3-6,8-10,13,18H,7H2,1-2H3. The zero-order valence-corrected chi connectivity index (χ0v) is 16.3. The third-order valence-electron chi connectivity index (χ3n) is 4.86. The first-order valence-electron chi connectivity index (χ1n) is 8.27. The lowest BCUT2D eigenvalue weighted by atomic mass is 9.84. The molecule has 0 aromatic heterocycles. The molecule has 0 saturated carbocycles. The van der Waals surface area contributed by atoms with E-state index in [1.165, 1.54) is 13.2 Å². The maximum atomic E-state index is 12.8. The Morgan fingerprint density at radius 2 is 1.96 bits per heavy atom. The van der Waals surface area contributed by atoms with Gasteiger partial charge in [-0.1, -0.05) is 35.3 Å². The van der Waals surface area contributed by atoms with Crippen LogP contribution >= 0.6 is 23.2 Å². The molecule has 0 aliphatic carbocycles. The molecule has 0 saturated heterocycles. The lowest BCUT2D eigenvalue weighted by molar-refractivity contribution is -0.108. The van der Waals surface area contributed by atoms with Gasteiger partial charge in [0.2, 0.25) is 0 Å². The second-order valence-electron chi connectivity index (χ2n) is 6.34. The summed E-state index contributed by atoms with van der Waals surface area (Å²) in [6.45, 7) is 0. The van der Waals surface area contributed by atoms with Crippen molar-refractivity contribution in [2.75, 3.05) is 14.2 Å². The number of carbonyl (C=O) groups excluding carboxylic acids is 3. The Hall–Kier alpha value is -2.37. The van der Waals surface area contributed by atoms with Crippen LogP contribution in [0.2, 0.25) is 10.0 Å². The van der Waals surface area contributed by atoms with E-state index in [0.717, 1.165) is 17.4 Å².